The van der Waals surface area contributed by atoms with Crippen LogP contribution in [0.25, 0.3) is 11.1 Å². The number of rotatable bonds is 7. The molecular formula is C20H24N2O2. The first-order valence-electron chi connectivity index (χ1n) is 8.17. The van der Waals surface area contributed by atoms with Crippen LogP contribution in [-0.2, 0) is 4.79 Å². The fourth-order valence-electron chi connectivity index (χ4n) is 2.42. The monoisotopic (exact) mass is 324 g/mol. The number of carbonyl (C=O) groups excluding carboxylic acids is 2. The van der Waals surface area contributed by atoms with E-state index in [0.29, 0.717) is 12.1 Å². The van der Waals surface area contributed by atoms with Crippen molar-refractivity contribution in [3.05, 3.63) is 60.2 Å². The highest BCUT2D eigenvalue weighted by Gasteiger charge is 2.16. The zero-order valence-electron chi connectivity index (χ0n) is 14.2. The molecule has 0 aromatic heterocycles. The minimum Gasteiger partial charge on any atom is -0.342 e. The van der Waals surface area contributed by atoms with Gasteiger partial charge < -0.3 is 10.6 Å². The van der Waals surface area contributed by atoms with Gasteiger partial charge in [0.1, 0.15) is 0 Å². The Bertz CT molecular complexity index is 681. The van der Waals surface area contributed by atoms with Crippen LogP contribution in [0, 0.1) is 0 Å². The van der Waals surface area contributed by atoms with Crippen LogP contribution < -0.4 is 5.73 Å². The van der Waals surface area contributed by atoms with Gasteiger partial charge in [-0.2, -0.15) is 0 Å². The lowest BCUT2D eigenvalue weighted by molar-refractivity contribution is -0.131. The number of nitrogens with zero attached hydrogens (tertiary/aromatic N) is 1. The Morgan fingerprint density at radius 1 is 0.958 bits per heavy atom. The van der Waals surface area contributed by atoms with Crippen molar-refractivity contribution < 1.29 is 9.59 Å². The maximum atomic E-state index is 12.3. The van der Waals surface area contributed by atoms with Crippen molar-refractivity contribution in [2.75, 3.05) is 13.6 Å². The third-order valence-corrected chi connectivity index (χ3v) is 4.28. The lowest BCUT2D eigenvalue weighted by Gasteiger charge is -2.23. The first kappa shape index (κ1) is 17.9. The third kappa shape index (κ3) is 4.52. The number of carbonyl (C=O) groups is 2. The van der Waals surface area contributed by atoms with Gasteiger partial charge in [-0.3, -0.25) is 9.59 Å². The summed E-state index contributed by atoms with van der Waals surface area (Å²) in [6, 6.07) is 17.5. The predicted molar refractivity (Wildman–Crippen MR) is 96.7 cm³/mol. The average molecular weight is 324 g/mol. The molecule has 24 heavy (non-hydrogen) atoms. The van der Waals surface area contributed by atoms with E-state index in [0.717, 1.165) is 11.1 Å². The van der Waals surface area contributed by atoms with E-state index in [1.54, 1.807) is 11.9 Å². The second kappa shape index (κ2) is 8.41. The molecule has 4 heteroatoms. The van der Waals surface area contributed by atoms with Gasteiger partial charge in [-0.1, -0.05) is 54.6 Å². The molecule has 0 radical (unpaired) electrons. The van der Waals surface area contributed by atoms with Crippen LogP contribution in [0.4, 0.5) is 0 Å². The van der Waals surface area contributed by atoms with E-state index in [1.807, 2.05) is 61.5 Å². The Hall–Kier alpha value is -2.46. The molecule has 0 aliphatic heterocycles. The van der Waals surface area contributed by atoms with Gasteiger partial charge in [-0.05, 0) is 18.1 Å². The molecule has 1 unspecified atom stereocenters. The van der Waals surface area contributed by atoms with E-state index >= 15 is 0 Å². The number of hydrogen-bond acceptors (Lipinski definition) is 3. The Kier molecular flexibility index (Phi) is 6.27. The second-order valence-electron chi connectivity index (χ2n) is 5.96. The summed E-state index contributed by atoms with van der Waals surface area (Å²) in [5.41, 5.74) is 8.38. The molecule has 0 heterocycles. The van der Waals surface area contributed by atoms with Crippen molar-refractivity contribution in [3.63, 3.8) is 0 Å². The summed E-state index contributed by atoms with van der Waals surface area (Å²) >= 11 is 0. The van der Waals surface area contributed by atoms with Gasteiger partial charge in [0.25, 0.3) is 0 Å². The van der Waals surface area contributed by atoms with Crippen LogP contribution in [0.1, 0.15) is 30.1 Å². The molecule has 1 amide bonds. The van der Waals surface area contributed by atoms with Gasteiger partial charge in [-0.25, -0.2) is 0 Å². The number of nitrogens with two attached hydrogens (primary N) is 1. The number of hydrogen-bond donors (Lipinski definition) is 1. The average Bonchev–Trinajstić information content (AvgIpc) is 2.65. The fourth-order valence-corrected chi connectivity index (χ4v) is 2.42. The van der Waals surface area contributed by atoms with Gasteiger partial charge in [0.2, 0.25) is 5.91 Å². The molecule has 2 aromatic rings. The van der Waals surface area contributed by atoms with E-state index in [1.165, 1.54) is 0 Å². The molecule has 0 spiro atoms. The first-order chi connectivity index (χ1) is 11.5. The summed E-state index contributed by atoms with van der Waals surface area (Å²) in [4.78, 5) is 25.9. The van der Waals surface area contributed by atoms with Crippen LogP contribution in [0.2, 0.25) is 0 Å². The number of amides is 1. The maximum absolute atomic E-state index is 12.3. The van der Waals surface area contributed by atoms with E-state index in [9.17, 15) is 9.59 Å². The Morgan fingerprint density at radius 3 is 2.12 bits per heavy atom. The number of Topliss-reactive ketones (excluding diaryl/α,β-unsaturated/α-hetero) is 1. The van der Waals surface area contributed by atoms with Crippen molar-refractivity contribution in [1.29, 1.82) is 0 Å². The molecule has 0 bridgehead atoms. The summed E-state index contributed by atoms with van der Waals surface area (Å²) in [5.74, 6) is -0.0704. The Morgan fingerprint density at radius 2 is 1.54 bits per heavy atom. The van der Waals surface area contributed by atoms with Crippen molar-refractivity contribution in [2.24, 2.45) is 5.73 Å². The zero-order chi connectivity index (χ0) is 17.5. The summed E-state index contributed by atoms with van der Waals surface area (Å²) in [7, 11) is 1.72. The lowest BCUT2D eigenvalue weighted by atomic mass is 10.0. The Labute approximate surface area is 143 Å². The fraction of sp³-hybridized carbons (Fsp3) is 0.300. The molecular weight excluding hydrogens is 300 g/mol. The van der Waals surface area contributed by atoms with Crippen molar-refractivity contribution >= 4 is 11.7 Å². The van der Waals surface area contributed by atoms with Gasteiger partial charge >= 0.3 is 0 Å². The van der Waals surface area contributed by atoms with E-state index in [4.69, 9.17) is 5.73 Å². The van der Waals surface area contributed by atoms with Crippen molar-refractivity contribution in [3.8, 4) is 11.1 Å². The number of ketones is 1. The van der Waals surface area contributed by atoms with Gasteiger partial charge in [0, 0.05) is 38.0 Å². The van der Waals surface area contributed by atoms with E-state index in [2.05, 4.69) is 0 Å². The van der Waals surface area contributed by atoms with Crippen molar-refractivity contribution in [2.45, 2.75) is 25.8 Å². The highest BCUT2D eigenvalue weighted by atomic mass is 16.2. The molecule has 0 aliphatic rings. The molecule has 2 N–H and O–H groups in total. The minimum atomic E-state index is -0.0535. The lowest BCUT2D eigenvalue weighted by Crippen LogP contribution is -2.39. The molecule has 126 valence electrons. The smallest absolute Gasteiger partial charge is 0.223 e. The van der Waals surface area contributed by atoms with Gasteiger partial charge in [0.15, 0.2) is 5.78 Å². The highest BCUT2D eigenvalue weighted by molar-refractivity contribution is 5.98. The quantitative estimate of drug-likeness (QED) is 0.796. The molecule has 2 aromatic carbocycles. The topological polar surface area (TPSA) is 63.4 Å². The van der Waals surface area contributed by atoms with Crippen molar-refractivity contribution in [1.82, 2.24) is 4.90 Å². The van der Waals surface area contributed by atoms with Crippen LogP contribution in [0.3, 0.4) is 0 Å². The molecule has 0 aliphatic carbocycles. The minimum absolute atomic E-state index is 0.0160. The molecule has 0 saturated heterocycles. The predicted octanol–water partition coefficient (Wildman–Crippen LogP) is 3.12. The zero-order valence-corrected chi connectivity index (χ0v) is 14.2. The summed E-state index contributed by atoms with van der Waals surface area (Å²) in [6.07, 6.45) is 0.422. The standard InChI is InChI=1S/C20H24N2O2/c1-15(14-21)22(2)20(24)13-12-19(23)18-10-8-17(9-11-18)16-6-4-3-5-7-16/h3-11,15H,12-14,21H2,1-2H3. The molecule has 0 saturated carbocycles. The van der Waals surface area contributed by atoms with Gasteiger partial charge in [-0.15, -0.1) is 0 Å². The normalized spacial score (nSPS) is 11.8. The molecule has 1 atom stereocenters. The SMILES string of the molecule is CC(CN)N(C)C(=O)CCC(=O)c1ccc(-c2ccccc2)cc1. The summed E-state index contributed by atoms with van der Waals surface area (Å²) in [6.45, 7) is 2.30. The maximum Gasteiger partial charge on any atom is 0.223 e. The van der Waals surface area contributed by atoms with Crippen LogP contribution in [-0.4, -0.2) is 36.2 Å². The van der Waals surface area contributed by atoms with Crippen LogP contribution in [0.15, 0.2) is 54.6 Å². The highest BCUT2D eigenvalue weighted by Crippen LogP contribution is 2.20. The van der Waals surface area contributed by atoms with Gasteiger partial charge in [0.05, 0.1) is 0 Å². The summed E-state index contributed by atoms with van der Waals surface area (Å²) < 4.78 is 0. The Balaban J connectivity index is 1.95. The largest absolute Gasteiger partial charge is 0.342 e. The second-order valence-corrected chi connectivity index (χ2v) is 5.96. The number of likely N-dealkylation sites (N-methyl/N-ethyl adjacent to an activating group) is 1. The van der Waals surface area contributed by atoms with Crippen LogP contribution in [0.5, 0.6) is 0 Å². The molecule has 2 rings (SSSR count). The van der Waals surface area contributed by atoms with E-state index in [-0.39, 0.29) is 30.6 Å². The summed E-state index contributed by atoms with van der Waals surface area (Å²) in [5, 5.41) is 0. The third-order valence-electron chi connectivity index (χ3n) is 4.28. The molecule has 4 nitrogen and oxygen atoms in total. The van der Waals surface area contributed by atoms with E-state index < -0.39 is 0 Å². The molecule has 0 fully saturated rings. The van der Waals surface area contributed by atoms with Crippen LogP contribution >= 0.6 is 0 Å². The first-order valence-corrected chi connectivity index (χ1v) is 8.17. The number of benzene rings is 2.